The SMILES string of the molecule is COc1cc(C=Nc2ccc(I)c(C)c2)ccc1O[C@@H](C)C(=O)O. The Kier molecular flexibility index (Phi) is 6.19. The van der Waals surface area contributed by atoms with Crippen molar-refractivity contribution >= 4 is 40.5 Å². The van der Waals surface area contributed by atoms with Crippen LogP contribution in [0.1, 0.15) is 18.1 Å². The molecule has 126 valence electrons. The summed E-state index contributed by atoms with van der Waals surface area (Å²) >= 11 is 2.28. The summed E-state index contributed by atoms with van der Waals surface area (Å²) in [5.41, 5.74) is 2.87. The van der Waals surface area contributed by atoms with Gasteiger partial charge in [0.15, 0.2) is 17.6 Å². The third kappa shape index (κ3) is 4.70. The van der Waals surface area contributed by atoms with E-state index >= 15 is 0 Å². The molecule has 0 aromatic heterocycles. The van der Waals surface area contributed by atoms with Crippen LogP contribution in [-0.2, 0) is 4.79 Å². The van der Waals surface area contributed by atoms with Crippen LogP contribution in [0.3, 0.4) is 0 Å². The Balaban J connectivity index is 2.20. The van der Waals surface area contributed by atoms with Gasteiger partial charge in [-0.2, -0.15) is 0 Å². The van der Waals surface area contributed by atoms with Gasteiger partial charge in [-0.05, 0) is 84.0 Å². The van der Waals surface area contributed by atoms with Gasteiger partial charge in [-0.25, -0.2) is 4.79 Å². The minimum Gasteiger partial charge on any atom is -0.493 e. The van der Waals surface area contributed by atoms with Gasteiger partial charge in [0, 0.05) is 9.78 Å². The van der Waals surface area contributed by atoms with Crippen molar-refractivity contribution in [3.8, 4) is 11.5 Å². The van der Waals surface area contributed by atoms with Crippen molar-refractivity contribution in [3.05, 3.63) is 51.1 Å². The smallest absolute Gasteiger partial charge is 0.344 e. The second-order valence-corrected chi connectivity index (χ2v) is 6.36. The number of benzene rings is 2. The first-order valence-corrected chi connectivity index (χ1v) is 8.36. The molecule has 0 radical (unpaired) electrons. The summed E-state index contributed by atoms with van der Waals surface area (Å²) in [4.78, 5) is 15.3. The normalized spacial score (nSPS) is 12.2. The second kappa shape index (κ2) is 8.14. The number of carboxylic acids is 1. The Bertz CT molecular complexity index is 774. The van der Waals surface area contributed by atoms with E-state index < -0.39 is 12.1 Å². The number of hydrogen-bond donors (Lipinski definition) is 1. The van der Waals surface area contributed by atoms with Crippen molar-refractivity contribution in [1.29, 1.82) is 0 Å². The number of aliphatic carboxylic acids is 1. The van der Waals surface area contributed by atoms with Gasteiger partial charge in [-0.1, -0.05) is 0 Å². The molecule has 0 heterocycles. The highest BCUT2D eigenvalue weighted by Crippen LogP contribution is 2.29. The number of rotatable bonds is 6. The van der Waals surface area contributed by atoms with E-state index in [1.807, 2.05) is 25.1 Å². The molecule has 0 saturated heterocycles. The fourth-order valence-electron chi connectivity index (χ4n) is 1.96. The maximum absolute atomic E-state index is 10.9. The number of carbonyl (C=O) groups is 1. The van der Waals surface area contributed by atoms with Gasteiger partial charge in [0.1, 0.15) is 0 Å². The molecular formula is C18H18INO4. The Morgan fingerprint density at radius 3 is 2.62 bits per heavy atom. The molecular weight excluding hydrogens is 421 g/mol. The van der Waals surface area contributed by atoms with Crippen LogP contribution >= 0.6 is 22.6 Å². The third-order valence-electron chi connectivity index (χ3n) is 3.34. The molecule has 1 atom stereocenters. The molecule has 0 amide bonds. The average Bonchev–Trinajstić information content (AvgIpc) is 2.56. The molecule has 0 bridgehead atoms. The predicted octanol–water partition coefficient (Wildman–Crippen LogP) is 4.21. The highest BCUT2D eigenvalue weighted by Gasteiger charge is 2.15. The molecule has 0 saturated carbocycles. The highest BCUT2D eigenvalue weighted by molar-refractivity contribution is 14.1. The van der Waals surface area contributed by atoms with E-state index in [1.165, 1.54) is 23.2 Å². The highest BCUT2D eigenvalue weighted by atomic mass is 127. The number of aliphatic imine (C=N–C) groups is 1. The summed E-state index contributed by atoms with van der Waals surface area (Å²) in [5, 5.41) is 8.93. The lowest BCUT2D eigenvalue weighted by molar-refractivity contribution is -0.144. The summed E-state index contributed by atoms with van der Waals surface area (Å²) in [7, 11) is 1.51. The number of hydrogen-bond acceptors (Lipinski definition) is 4. The van der Waals surface area contributed by atoms with E-state index in [0.29, 0.717) is 11.5 Å². The molecule has 2 aromatic carbocycles. The van der Waals surface area contributed by atoms with E-state index in [4.69, 9.17) is 14.6 Å². The molecule has 2 aromatic rings. The van der Waals surface area contributed by atoms with Gasteiger partial charge < -0.3 is 14.6 Å². The fourth-order valence-corrected chi connectivity index (χ4v) is 2.30. The largest absolute Gasteiger partial charge is 0.493 e. The first-order valence-electron chi connectivity index (χ1n) is 7.28. The minimum atomic E-state index is -1.03. The molecule has 24 heavy (non-hydrogen) atoms. The number of ether oxygens (including phenoxy) is 2. The van der Waals surface area contributed by atoms with E-state index in [0.717, 1.165) is 11.3 Å². The third-order valence-corrected chi connectivity index (χ3v) is 4.55. The molecule has 0 aliphatic carbocycles. The Hall–Kier alpha value is -2.09. The van der Waals surface area contributed by atoms with Crippen LogP contribution in [-0.4, -0.2) is 30.5 Å². The second-order valence-electron chi connectivity index (χ2n) is 5.20. The quantitative estimate of drug-likeness (QED) is 0.541. The zero-order valence-electron chi connectivity index (χ0n) is 13.6. The lowest BCUT2D eigenvalue weighted by atomic mass is 10.2. The zero-order chi connectivity index (χ0) is 17.7. The van der Waals surface area contributed by atoms with Crippen LogP contribution in [0.5, 0.6) is 11.5 Å². The summed E-state index contributed by atoms with van der Waals surface area (Å²) < 4.78 is 11.8. The zero-order valence-corrected chi connectivity index (χ0v) is 15.8. The fraction of sp³-hybridized carbons (Fsp3) is 0.222. The van der Waals surface area contributed by atoms with Crippen LogP contribution in [0.4, 0.5) is 5.69 Å². The van der Waals surface area contributed by atoms with Gasteiger partial charge >= 0.3 is 5.97 Å². The van der Waals surface area contributed by atoms with Crippen LogP contribution < -0.4 is 9.47 Å². The van der Waals surface area contributed by atoms with Gasteiger partial charge in [0.25, 0.3) is 0 Å². The first kappa shape index (κ1) is 18.3. The van der Waals surface area contributed by atoms with Crippen molar-refractivity contribution in [2.45, 2.75) is 20.0 Å². The van der Waals surface area contributed by atoms with Crippen molar-refractivity contribution in [2.75, 3.05) is 7.11 Å². The van der Waals surface area contributed by atoms with Crippen molar-refractivity contribution in [3.63, 3.8) is 0 Å². The van der Waals surface area contributed by atoms with E-state index in [9.17, 15) is 4.79 Å². The lowest BCUT2D eigenvalue weighted by Gasteiger charge is -2.14. The predicted molar refractivity (Wildman–Crippen MR) is 102 cm³/mol. The Morgan fingerprint density at radius 2 is 2.00 bits per heavy atom. The van der Waals surface area contributed by atoms with Crippen LogP contribution in [0.15, 0.2) is 41.4 Å². The van der Waals surface area contributed by atoms with Crippen LogP contribution in [0.25, 0.3) is 0 Å². The van der Waals surface area contributed by atoms with E-state index in [2.05, 4.69) is 27.6 Å². The first-order chi connectivity index (χ1) is 11.4. The maximum Gasteiger partial charge on any atom is 0.344 e. The van der Waals surface area contributed by atoms with Crippen LogP contribution in [0, 0.1) is 10.5 Å². The number of carboxylic acid groups (broad SMARTS) is 1. The average molecular weight is 439 g/mol. The Morgan fingerprint density at radius 1 is 1.25 bits per heavy atom. The molecule has 0 fully saturated rings. The van der Waals surface area contributed by atoms with Gasteiger partial charge in [0.2, 0.25) is 0 Å². The monoisotopic (exact) mass is 439 g/mol. The molecule has 6 heteroatoms. The Labute approximate surface area is 154 Å². The summed E-state index contributed by atoms with van der Waals surface area (Å²) in [5.74, 6) is -0.183. The summed E-state index contributed by atoms with van der Waals surface area (Å²) in [6, 6.07) is 11.2. The number of halogens is 1. The molecule has 5 nitrogen and oxygen atoms in total. The standard InChI is InChI=1S/C18H18INO4/c1-11-8-14(5-6-15(11)19)20-10-13-4-7-16(17(9-13)23-3)24-12(2)18(21)22/h4-10,12H,1-3H3,(H,21,22)/t12-/m0/s1. The van der Waals surface area contributed by atoms with Gasteiger partial charge in [-0.15, -0.1) is 0 Å². The van der Waals surface area contributed by atoms with E-state index in [-0.39, 0.29) is 0 Å². The molecule has 0 aliphatic rings. The maximum atomic E-state index is 10.9. The molecule has 0 unspecified atom stereocenters. The number of aryl methyl sites for hydroxylation is 1. The van der Waals surface area contributed by atoms with Crippen molar-refractivity contribution < 1.29 is 19.4 Å². The molecule has 0 aliphatic heterocycles. The molecule has 2 rings (SSSR count). The van der Waals surface area contributed by atoms with Gasteiger partial charge in [0.05, 0.1) is 12.8 Å². The topological polar surface area (TPSA) is 68.1 Å². The minimum absolute atomic E-state index is 0.384. The van der Waals surface area contributed by atoms with Crippen molar-refractivity contribution in [1.82, 2.24) is 0 Å². The van der Waals surface area contributed by atoms with Gasteiger partial charge in [-0.3, -0.25) is 4.99 Å². The van der Waals surface area contributed by atoms with Crippen LogP contribution in [0.2, 0.25) is 0 Å². The number of methoxy groups -OCH3 is 1. The number of nitrogens with zero attached hydrogens (tertiary/aromatic N) is 1. The summed E-state index contributed by atoms with van der Waals surface area (Å²) in [6.07, 6.45) is 0.780. The molecule has 0 spiro atoms. The summed E-state index contributed by atoms with van der Waals surface area (Å²) in [6.45, 7) is 3.51. The lowest BCUT2D eigenvalue weighted by Crippen LogP contribution is -2.23. The van der Waals surface area contributed by atoms with Crippen molar-refractivity contribution in [2.24, 2.45) is 4.99 Å². The molecule has 1 N–H and O–H groups in total. The van der Waals surface area contributed by atoms with E-state index in [1.54, 1.807) is 24.4 Å².